The van der Waals surface area contributed by atoms with Gasteiger partial charge in [-0.05, 0) is 109 Å². The fraction of sp³-hybridized carbons (Fsp3) is 0.769. The first-order chi connectivity index (χ1) is 35.0. The van der Waals surface area contributed by atoms with E-state index in [1.54, 1.807) is 0 Å². The summed E-state index contributed by atoms with van der Waals surface area (Å²) in [6, 6.07) is 0. The number of allylic oxidation sites excluding steroid dienone is 12. The Balaban J connectivity index is 4.42. The molecule has 0 aromatic heterocycles. The van der Waals surface area contributed by atoms with Crippen LogP contribution in [-0.2, 0) is 28.6 Å². The van der Waals surface area contributed by atoms with E-state index in [4.69, 9.17) is 14.2 Å². The number of ether oxygens (including phenoxy) is 3. The van der Waals surface area contributed by atoms with Gasteiger partial charge in [-0.25, -0.2) is 0 Å². The highest BCUT2D eigenvalue weighted by atomic mass is 16.6. The number of esters is 3. The number of rotatable bonds is 55. The molecule has 0 spiro atoms. The van der Waals surface area contributed by atoms with E-state index >= 15 is 0 Å². The lowest BCUT2D eigenvalue weighted by Crippen LogP contribution is -2.30. The fourth-order valence-electron chi connectivity index (χ4n) is 8.54. The number of hydrogen-bond acceptors (Lipinski definition) is 6. The Morgan fingerprint density at radius 2 is 0.521 bits per heavy atom. The molecule has 0 N–H and O–H groups in total. The minimum Gasteiger partial charge on any atom is -0.462 e. The summed E-state index contributed by atoms with van der Waals surface area (Å²) in [7, 11) is 0. The molecule has 6 heteroatoms. The van der Waals surface area contributed by atoms with Gasteiger partial charge in [0.2, 0.25) is 0 Å². The maximum absolute atomic E-state index is 12.9. The van der Waals surface area contributed by atoms with E-state index < -0.39 is 6.10 Å². The van der Waals surface area contributed by atoms with E-state index in [9.17, 15) is 14.4 Å². The molecule has 6 nitrogen and oxygen atoms in total. The molecular weight excluding hydrogens is 877 g/mol. The normalized spacial score (nSPS) is 12.5. The van der Waals surface area contributed by atoms with Crippen LogP contribution in [0.1, 0.15) is 303 Å². The van der Waals surface area contributed by atoms with Crippen molar-refractivity contribution in [3.05, 3.63) is 72.9 Å². The zero-order valence-electron chi connectivity index (χ0n) is 47.0. The lowest BCUT2D eigenvalue weighted by atomic mass is 10.0. The van der Waals surface area contributed by atoms with Crippen molar-refractivity contribution in [2.75, 3.05) is 13.2 Å². The van der Waals surface area contributed by atoms with Crippen LogP contribution in [0.25, 0.3) is 0 Å². The maximum Gasteiger partial charge on any atom is 0.306 e. The van der Waals surface area contributed by atoms with Crippen molar-refractivity contribution in [1.82, 2.24) is 0 Å². The molecule has 71 heavy (non-hydrogen) atoms. The monoisotopic (exact) mass is 991 g/mol. The van der Waals surface area contributed by atoms with E-state index in [2.05, 4.69) is 93.7 Å². The Morgan fingerprint density at radius 1 is 0.282 bits per heavy atom. The van der Waals surface area contributed by atoms with Crippen molar-refractivity contribution in [3.63, 3.8) is 0 Å². The molecule has 0 aliphatic heterocycles. The lowest BCUT2D eigenvalue weighted by Gasteiger charge is -2.18. The van der Waals surface area contributed by atoms with Crippen molar-refractivity contribution in [3.8, 4) is 0 Å². The minimum atomic E-state index is -0.802. The molecule has 410 valence electrons. The van der Waals surface area contributed by atoms with Gasteiger partial charge < -0.3 is 14.2 Å². The standard InChI is InChI=1S/C65H114O6/c1-4-7-10-13-16-19-22-25-28-30-31-32-33-35-38-40-43-46-49-52-55-58-64(67)70-61-62(71-65(68)59-56-53-50-47-44-41-36-27-24-21-18-15-12-9-6-3)60-69-63(66)57-54-51-48-45-42-39-37-34-29-26-23-20-17-14-11-8-5-2/h17,20,25-29,36-37,39,45,48,62H,4-16,18-19,21-24,30-35,38,40-44,46-47,49-61H2,1-3H3/b20-17-,28-25-,29-26-,36-27-,39-37-,48-45-/t62-/m1/s1. The summed E-state index contributed by atoms with van der Waals surface area (Å²) in [5, 5.41) is 0. The van der Waals surface area contributed by atoms with Gasteiger partial charge in [-0.2, -0.15) is 0 Å². The number of carbonyl (C=O) groups excluding carboxylic acids is 3. The summed E-state index contributed by atoms with van der Waals surface area (Å²) >= 11 is 0. The first-order valence-electron chi connectivity index (χ1n) is 30.4. The van der Waals surface area contributed by atoms with Crippen LogP contribution in [0.4, 0.5) is 0 Å². The molecule has 0 aliphatic rings. The van der Waals surface area contributed by atoms with Crippen LogP contribution in [0.3, 0.4) is 0 Å². The highest BCUT2D eigenvalue weighted by Crippen LogP contribution is 2.15. The minimum absolute atomic E-state index is 0.0948. The van der Waals surface area contributed by atoms with Crippen LogP contribution < -0.4 is 0 Å². The van der Waals surface area contributed by atoms with Crippen molar-refractivity contribution >= 4 is 17.9 Å². The summed E-state index contributed by atoms with van der Waals surface area (Å²) in [6.07, 6.45) is 76.2. The molecule has 0 radical (unpaired) electrons. The van der Waals surface area contributed by atoms with Gasteiger partial charge in [0.1, 0.15) is 13.2 Å². The molecule has 1 atom stereocenters. The van der Waals surface area contributed by atoms with Gasteiger partial charge in [0.25, 0.3) is 0 Å². The average molecular weight is 992 g/mol. The lowest BCUT2D eigenvalue weighted by molar-refractivity contribution is -0.167. The van der Waals surface area contributed by atoms with Crippen LogP contribution in [0.2, 0.25) is 0 Å². The van der Waals surface area contributed by atoms with Crippen LogP contribution in [0.15, 0.2) is 72.9 Å². The van der Waals surface area contributed by atoms with Crippen molar-refractivity contribution < 1.29 is 28.6 Å². The quantitative estimate of drug-likeness (QED) is 0.0261. The predicted molar refractivity (Wildman–Crippen MR) is 307 cm³/mol. The second-order valence-corrected chi connectivity index (χ2v) is 20.2. The Labute approximate surface area is 440 Å². The largest absolute Gasteiger partial charge is 0.462 e. The molecule has 0 heterocycles. The van der Waals surface area contributed by atoms with Gasteiger partial charge >= 0.3 is 17.9 Å². The fourth-order valence-corrected chi connectivity index (χ4v) is 8.54. The van der Waals surface area contributed by atoms with Crippen molar-refractivity contribution in [1.29, 1.82) is 0 Å². The Bertz CT molecular complexity index is 1320. The SMILES string of the molecule is CCCCC/C=C\C/C=C\C/C=C\C/C=C\CCCC(=O)OC[C@H](COC(=O)CCCCCCCCCCCCC/C=C\CCCCCCCC)OC(=O)CCCCCCC/C=C\CCCCCCCC. The first-order valence-corrected chi connectivity index (χ1v) is 30.4. The summed E-state index contributed by atoms with van der Waals surface area (Å²) in [5.41, 5.74) is 0. The van der Waals surface area contributed by atoms with Gasteiger partial charge in [0, 0.05) is 19.3 Å². The summed E-state index contributed by atoms with van der Waals surface area (Å²) in [5.74, 6) is -0.952. The molecule has 0 amide bonds. The van der Waals surface area contributed by atoms with E-state index in [0.717, 1.165) is 77.0 Å². The molecular formula is C65H114O6. The highest BCUT2D eigenvalue weighted by Gasteiger charge is 2.19. The van der Waals surface area contributed by atoms with Crippen molar-refractivity contribution in [2.24, 2.45) is 0 Å². The molecule has 0 aromatic rings. The van der Waals surface area contributed by atoms with Gasteiger partial charge in [0.05, 0.1) is 0 Å². The zero-order valence-corrected chi connectivity index (χ0v) is 47.0. The first kappa shape index (κ1) is 67.8. The Kier molecular flexibility index (Phi) is 56.8. The van der Waals surface area contributed by atoms with Gasteiger partial charge in [-0.15, -0.1) is 0 Å². The molecule has 0 unspecified atom stereocenters. The molecule has 0 bridgehead atoms. The van der Waals surface area contributed by atoms with Gasteiger partial charge in [-0.1, -0.05) is 248 Å². The van der Waals surface area contributed by atoms with E-state index in [0.29, 0.717) is 19.3 Å². The zero-order chi connectivity index (χ0) is 51.4. The maximum atomic E-state index is 12.9. The summed E-state index contributed by atoms with van der Waals surface area (Å²) < 4.78 is 16.8. The van der Waals surface area contributed by atoms with Crippen LogP contribution in [0, 0.1) is 0 Å². The second-order valence-electron chi connectivity index (χ2n) is 20.2. The van der Waals surface area contributed by atoms with Crippen LogP contribution in [-0.4, -0.2) is 37.2 Å². The third-order valence-electron chi connectivity index (χ3n) is 13.2. The third-order valence-corrected chi connectivity index (χ3v) is 13.2. The molecule has 0 aliphatic carbocycles. The van der Waals surface area contributed by atoms with Crippen LogP contribution in [0.5, 0.6) is 0 Å². The van der Waals surface area contributed by atoms with E-state index in [1.807, 2.05) is 0 Å². The molecule has 0 aromatic carbocycles. The van der Waals surface area contributed by atoms with Gasteiger partial charge in [-0.3, -0.25) is 14.4 Å². The Hall–Kier alpha value is -3.15. The smallest absolute Gasteiger partial charge is 0.306 e. The average Bonchev–Trinajstić information content (AvgIpc) is 3.37. The van der Waals surface area contributed by atoms with Crippen LogP contribution >= 0.6 is 0 Å². The van der Waals surface area contributed by atoms with Gasteiger partial charge in [0.15, 0.2) is 6.10 Å². The number of unbranched alkanes of at least 4 members (excludes halogenated alkanes) is 32. The number of hydrogen-bond donors (Lipinski definition) is 0. The second kappa shape index (κ2) is 59.4. The highest BCUT2D eigenvalue weighted by molar-refractivity contribution is 5.71. The topological polar surface area (TPSA) is 78.9 Å². The molecule has 0 saturated carbocycles. The predicted octanol–water partition coefficient (Wildman–Crippen LogP) is 20.5. The summed E-state index contributed by atoms with van der Waals surface area (Å²) in [6.45, 7) is 6.58. The summed E-state index contributed by atoms with van der Waals surface area (Å²) in [4.78, 5) is 38.2. The molecule has 0 rings (SSSR count). The molecule has 0 fully saturated rings. The van der Waals surface area contributed by atoms with E-state index in [1.165, 1.54) is 180 Å². The molecule has 0 saturated heterocycles. The van der Waals surface area contributed by atoms with E-state index in [-0.39, 0.29) is 37.5 Å². The number of carbonyl (C=O) groups is 3. The third kappa shape index (κ3) is 57.6. The van der Waals surface area contributed by atoms with Crippen molar-refractivity contribution in [2.45, 2.75) is 309 Å². The Morgan fingerprint density at radius 3 is 0.887 bits per heavy atom.